The van der Waals surface area contributed by atoms with Crippen molar-refractivity contribution in [3.8, 4) is 0 Å². The van der Waals surface area contributed by atoms with Gasteiger partial charge in [-0.2, -0.15) is 11.8 Å². The van der Waals surface area contributed by atoms with Gasteiger partial charge in [-0.3, -0.25) is 4.79 Å². The summed E-state index contributed by atoms with van der Waals surface area (Å²) < 4.78 is 0. The summed E-state index contributed by atoms with van der Waals surface area (Å²) in [4.78, 5) is 14.1. The van der Waals surface area contributed by atoms with Crippen LogP contribution in [0.25, 0.3) is 0 Å². The van der Waals surface area contributed by atoms with Crippen LogP contribution in [0.1, 0.15) is 33.6 Å². The van der Waals surface area contributed by atoms with Gasteiger partial charge in [0, 0.05) is 18.3 Å². The Labute approximate surface area is 103 Å². The van der Waals surface area contributed by atoms with E-state index in [2.05, 4.69) is 26.1 Å². The van der Waals surface area contributed by atoms with Gasteiger partial charge in [-0.1, -0.05) is 13.8 Å². The number of amides is 1. The van der Waals surface area contributed by atoms with Gasteiger partial charge in [0.15, 0.2) is 0 Å². The number of likely N-dealkylation sites (tertiary alicyclic amines) is 1. The third kappa shape index (κ3) is 3.67. The fourth-order valence-corrected chi connectivity index (χ4v) is 2.78. The Hall–Kier alpha value is -0.220. The second-order valence-electron chi connectivity index (χ2n) is 4.34. The highest BCUT2D eigenvalue weighted by Crippen LogP contribution is 2.17. The highest BCUT2D eigenvalue weighted by Gasteiger charge is 2.33. The number of hydrogen-bond acceptors (Lipinski definition) is 3. The van der Waals surface area contributed by atoms with Gasteiger partial charge in [0.2, 0.25) is 5.91 Å². The first-order valence-electron chi connectivity index (χ1n) is 6.32. The number of rotatable bonds is 7. The van der Waals surface area contributed by atoms with Gasteiger partial charge in [0.1, 0.15) is 0 Å². The minimum Gasteiger partial charge on any atom is -0.338 e. The smallest absolute Gasteiger partial charge is 0.240 e. The Balaban J connectivity index is 2.37. The fourth-order valence-electron chi connectivity index (χ4n) is 2.03. The van der Waals surface area contributed by atoms with Crippen LogP contribution in [-0.4, -0.2) is 47.5 Å². The van der Waals surface area contributed by atoms with Gasteiger partial charge in [0.05, 0.1) is 6.04 Å². The van der Waals surface area contributed by atoms with Crippen molar-refractivity contribution in [1.29, 1.82) is 0 Å². The minimum atomic E-state index is 0.0778. The van der Waals surface area contributed by atoms with Crippen LogP contribution in [0, 0.1) is 0 Å². The molecule has 0 aromatic carbocycles. The van der Waals surface area contributed by atoms with Crippen molar-refractivity contribution in [2.75, 3.05) is 24.6 Å². The van der Waals surface area contributed by atoms with E-state index in [1.807, 2.05) is 16.7 Å². The van der Waals surface area contributed by atoms with Gasteiger partial charge in [0.25, 0.3) is 0 Å². The number of nitrogens with zero attached hydrogens (tertiary/aromatic N) is 1. The summed E-state index contributed by atoms with van der Waals surface area (Å²) in [5, 5.41) is 3.32. The Kier molecular flexibility index (Phi) is 6.21. The SMILES string of the molecule is CCCNC1CCN(C(C)CSCC)C1=O. The third-order valence-corrected chi connectivity index (χ3v) is 4.10. The van der Waals surface area contributed by atoms with E-state index in [4.69, 9.17) is 0 Å². The molecule has 1 aliphatic rings. The highest BCUT2D eigenvalue weighted by molar-refractivity contribution is 7.99. The van der Waals surface area contributed by atoms with Crippen LogP contribution in [-0.2, 0) is 4.79 Å². The lowest BCUT2D eigenvalue weighted by Crippen LogP contribution is -2.42. The Morgan fingerprint density at radius 3 is 2.94 bits per heavy atom. The summed E-state index contributed by atoms with van der Waals surface area (Å²) in [6.45, 7) is 8.32. The molecule has 1 amide bonds. The van der Waals surface area contributed by atoms with E-state index in [9.17, 15) is 4.79 Å². The predicted octanol–water partition coefficient (Wildman–Crippen LogP) is 1.73. The van der Waals surface area contributed by atoms with E-state index < -0.39 is 0 Å². The van der Waals surface area contributed by atoms with Gasteiger partial charge in [-0.25, -0.2) is 0 Å². The lowest BCUT2D eigenvalue weighted by Gasteiger charge is -2.24. The average molecular weight is 244 g/mol. The summed E-state index contributed by atoms with van der Waals surface area (Å²) in [6, 6.07) is 0.458. The van der Waals surface area contributed by atoms with E-state index in [0.29, 0.717) is 11.9 Å². The molecule has 4 heteroatoms. The summed E-state index contributed by atoms with van der Waals surface area (Å²) >= 11 is 1.91. The van der Waals surface area contributed by atoms with E-state index >= 15 is 0 Å². The first kappa shape index (κ1) is 13.8. The normalized spacial score (nSPS) is 22.8. The molecule has 0 saturated carbocycles. The van der Waals surface area contributed by atoms with E-state index in [1.54, 1.807) is 0 Å². The molecule has 1 rings (SSSR count). The molecule has 0 spiro atoms. The van der Waals surface area contributed by atoms with Crippen LogP contribution in [0.2, 0.25) is 0 Å². The average Bonchev–Trinajstić information content (AvgIpc) is 2.65. The quantitative estimate of drug-likeness (QED) is 0.740. The van der Waals surface area contributed by atoms with Gasteiger partial charge < -0.3 is 10.2 Å². The third-order valence-electron chi connectivity index (χ3n) is 2.98. The molecule has 0 bridgehead atoms. The zero-order valence-corrected chi connectivity index (χ0v) is 11.5. The van der Waals surface area contributed by atoms with Crippen LogP contribution >= 0.6 is 11.8 Å². The molecule has 2 unspecified atom stereocenters. The summed E-state index contributed by atoms with van der Waals surface area (Å²) in [5.41, 5.74) is 0. The fraction of sp³-hybridized carbons (Fsp3) is 0.917. The van der Waals surface area contributed by atoms with Crippen LogP contribution in [0.3, 0.4) is 0 Å². The Morgan fingerprint density at radius 2 is 2.31 bits per heavy atom. The molecule has 2 atom stereocenters. The number of hydrogen-bond donors (Lipinski definition) is 1. The van der Waals surface area contributed by atoms with Crippen LogP contribution < -0.4 is 5.32 Å². The molecule has 0 aromatic heterocycles. The van der Waals surface area contributed by atoms with Crippen molar-refractivity contribution >= 4 is 17.7 Å². The van der Waals surface area contributed by atoms with Crippen molar-refractivity contribution < 1.29 is 4.79 Å². The molecule has 16 heavy (non-hydrogen) atoms. The van der Waals surface area contributed by atoms with Crippen molar-refractivity contribution in [2.45, 2.75) is 45.7 Å². The predicted molar refractivity (Wildman–Crippen MR) is 70.9 cm³/mol. The first-order chi connectivity index (χ1) is 7.70. The molecule has 1 fully saturated rings. The standard InChI is InChI=1S/C12H24N2OS/c1-4-7-13-11-6-8-14(12(11)15)10(3)9-16-5-2/h10-11,13H,4-9H2,1-3H3. The van der Waals surface area contributed by atoms with Crippen molar-refractivity contribution in [2.24, 2.45) is 0 Å². The number of thioether (sulfide) groups is 1. The number of carbonyl (C=O) groups is 1. The molecule has 0 aliphatic carbocycles. The molecule has 1 heterocycles. The number of nitrogens with one attached hydrogen (secondary N) is 1. The second kappa shape index (κ2) is 7.17. The minimum absolute atomic E-state index is 0.0778. The van der Waals surface area contributed by atoms with Crippen LogP contribution in [0.15, 0.2) is 0 Å². The topological polar surface area (TPSA) is 32.3 Å². The molecule has 1 N–H and O–H groups in total. The summed E-state index contributed by atoms with van der Waals surface area (Å²) in [5.74, 6) is 2.49. The first-order valence-corrected chi connectivity index (χ1v) is 7.47. The van der Waals surface area contributed by atoms with Crippen molar-refractivity contribution in [3.05, 3.63) is 0 Å². The molecule has 0 aromatic rings. The second-order valence-corrected chi connectivity index (χ2v) is 5.65. The Morgan fingerprint density at radius 1 is 1.56 bits per heavy atom. The van der Waals surface area contributed by atoms with Gasteiger partial charge in [-0.05, 0) is 32.1 Å². The van der Waals surface area contributed by atoms with Crippen LogP contribution in [0.5, 0.6) is 0 Å². The van der Waals surface area contributed by atoms with E-state index in [0.717, 1.165) is 37.4 Å². The number of carbonyl (C=O) groups excluding carboxylic acids is 1. The van der Waals surface area contributed by atoms with Gasteiger partial charge in [-0.15, -0.1) is 0 Å². The molecule has 0 radical (unpaired) electrons. The molecule has 94 valence electrons. The largest absolute Gasteiger partial charge is 0.338 e. The highest BCUT2D eigenvalue weighted by atomic mass is 32.2. The summed E-state index contributed by atoms with van der Waals surface area (Å²) in [6.07, 6.45) is 2.06. The maximum atomic E-state index is 12.1. The Bertz CT molecular complexity index is 223. The van der Waals surface area contributed by atoms with E-state index in [-0.39, 0.29) is 6.04 Å². The van der Waals surface area contributed by atoms with Gasteiger partial charge >= 0.3 is 0 Å². The zero-order chi connectivity index (χ0) is 12.0. The monoisotopic (exact) mass is 244 g/mol. The van der Waals surface area contributed by atoms with E-state index in [1.165, 1.54) is 0 Å². The lowest BCUT2D eigenvalue weighted by molar-refractivity contribution is -0.130. The molecule has 1 saturated heterocycles. The van der Waals surface area contributed by atoms with Crippen molar-refractivity contribution in [3.63, 3.8) is 0 Å². The maximum absolute atomic E-state index is 12.1. The van der Waals surface area contributed by atoms with Crippen molar-refractivity contribution in [1.82, 2.24) is 10.2 Å². The maximum Gasteiger partial charge on any atom is 0.240 e. The van der Waals surface area contributed by atoms with Crippen LogP contribution in [0.4, 0.5) is 0 Å². The molecule has 1 aliphatic heterocycles. The molecular formula is C12H24N2OS. The molecule has 3 nitrogen and oxygen atoms in total. The lowest BCUT2D eigenvalue weighted by atomic mass is 10.2. The zero-order valence-electron chi connectivity index (χ0n) is 10.7. The molecular weight excluding hydrogens is 220 g/mol. The summed E-state index contributed by atoms with van der Waals surface area (Å²) in [7, 11) is 0.